The zero-order valence-corrected chi connectivity index (χ0v) is 13.8. The van der Waals surface area contributed by atoms with Crippen molar-refractivity contribution in [3.05, 3.63) is 17.5 Å². The maximum absolute atomic E-state index is 5.39. The highest BCUT2D eigenvalue weighted by atomic mass is 32.2. The topological polar surface area (TPSA) is 41.3 Å². The van der Waals surface area contributed by atoms with E-state index < -0.39 is 0 Å². The van der Waals surface area contributed by atoms with Gasteiger partial charge in [0.2, 0.25) is 0 Å². The summed E-state index contributed by atoms with van der Waals surface area (Å²) in [4.78, 5) is 2.29. The van der Waals surface area contributed by atoms with Crippen molar-refractivity contribution in [2.75, 3.05) is 19.1 Å². The second-order valence-electron chi connectivity index (χ2n) is 6.11. The first-order valence-electron chi connectivity index (χ1n) is 6.70. The van der Waals surface area contributed by atoms with Gasteiger partial charge in [0.15, 0.2) is 5.76 Å². The number of rotatable bonds is 7. The third-order valence-corrected chi connectivity index (χ3v) is 3.79. The molecule has 1 aromatic heterocycles. The lowest BCUT2D eigenvalue weighted by atomic mass is 10.1. The normalized spacial score (nSPS) is 14.1. The molecule has 0 amide bonds. The van der Waals surface area contributed by atoms with Gasteiger partial charge in [-0.25, -0.2) is 0 Å². The standard InChI is InChI=1S/C14H27N3OS/c1-11(10-19-6)17(5)9-13-7-12(16-18-13)8-15-14(2,3)4/h7,11,15H,8-10H2,1-6H3. The van der Waals surface area contributed by atoms with E-state index in [1.165, 1.54) is 0 Å². The molecule has 5 heteroatoms. The number of thioether (sulfide) groups is 1. The molecule has 1 rings (SSSR count). The van der Waals surface area contributed by atoms with Crippen molar-refractivity contribution in [2.24, 2.45) is 0 Å². The van der Waals surface area contributed by atoms with Gasteiger partial charge in [-0.15, -0.1) is 0 Å². The lowest BCUT2D eigenvalue weighted by Crippen LogP contribution is -2.35. The number of nitrogens with zero attached hydrogens (tertiary/aromatic N) is 2. The highest BCUT2D eigenvalue weighted by molar-refractivity contribution is 7.98. The summed E-state index contributed by atoms with van der Waals surface area (Å²) in [6, 6.07) is 2.58. The van der Waals surface area contributed by atoms with Crippen LogP contribution in [0.2, 0.25) is 0 Å². The highest BCUT2D eigenvalue weighted by Gasteiger charge is 2.14. The van der Waals surface area contributed by atoms with Gasteiger partial charge in [-0.05, 0) is 41.0 Å². The van der Waals surface area contributed by atoms with Gasteiger partial charge in [0, 0.05) is 29.9 Å². The Morgan fingerprint density at radius 2 is 2.16 bits per heavy atom. The van der Waals surface area contributed by atoms with Gasteiger partial charge in [-0.3, -0.25) is 4.90 Å². The summed E-state index contributed by atoms with van der Waals surface area (Å²) < 4.78 is 5.39. The zero-order chi connectivity index (χ0) is 14.5. The second kappa shape index (κ2) is 7.31. The van der Waals surface area contributed by atoms with Gasteiger partial charge < -0.3 is 9.84 Å². The summed E-state index contributed by atoms with van der Waals surface area (Å²) in [5.74, 6) is 2.06. The molecular formula is C14H27N3OS. The highest BCUT2D eigenvalue weighted by Crippen LogP contribution is 2.11. The lowest BCUT2D eigenvalue weighted by Gasteiger charge is -2.22. The molecular weight excluding hydrogens is 258 g/mol. The van der Waals surface area contributed by atoms with E-state index in [2.05, 4.69) is 56.4 Å². The van der Waals surface area contributed by atoms with Crippen molar-refractivity contribution in [1.82, 2.24) is 15.4 Å². The second-order valence-corrected chi connectivity index (χ2v) is 7.02. The van der Waals surface area contributed by atoms with Crippen LogP contribution in [0.1, 0.15) is 39.1 Å². The molecule has 19 heavy (non-hydrogen) atoms. The molecule has 0 fully saturated rings. The van der Waals surface area contributed by atoms with E-state index in [-0.39, 0.29) is 5.54 Å². The van der Waals surface area contributed by atoms with Gasteiger partial charge >= 0.3 is 0 Å². The third-order valence-electron chi connectivity index (χ3n) is 2.97. The van der Waals surface area contributed by atoms with Crippen molar-refractivity contribution in [3.63, 3.8) is 0 Å². The number of hydrogen-bond acceptors (Lipinski definition) is 5. The summed E-state index contributed by atoms with van der Waals surface area (Å²) in [5.41, 5.74) is 1.07. The first-order chi connectivity index (χ1) is 8.81. The molecule has 110 valence electrons. The molecule has 0 radical (unpaired) electrons. The Hall–Kier alpha value is -0.520. The smallest absolute Gasteiger partial charge is 0.151 e. The Balaban J connectivity index is 2.46. The molecule has 1 heterocycles. The van der Waals surface area contributed by atoms with E-state index >= 15 is 0 Å². The minimum absolute atomic E-state index is 0.1000. The Kier molecular flexibility index (Phi) is 6.36. The quantitative estimate of drug-likeness (QED) is 0.834. The van der Waals surface area contributed by atoms with Gasteiger partial charge in [0.05, 0.1) is 12.2 Å². The number of nitrogens with one attached hydrogen (secondary N) is 1. The van der Waals surface area contributed by atoms with E-state index in [1.54, 1.807) is 0 Å². The lowest BCUT2D eigenvalue weighted by molar-refractivity contribution is 0.233. The molecule has 0 saturated carbocycles. The summed E-state index contributed by atoms with van der Waals surface area (Å²) in [6.45, 7) is 10.2. The zero-order valence-electron chi connectivity index (χ0n) is 13.0. The van der Waals surface area contributed by atoms with Gasteiger partial charge in [-0.1, -0.05) is 5.16 Å². The molecule has 1 unspecified atom stereocenters. The van der Waals surface area contributed by atoms with Crippen LogP contribution in [-0.2, 0) is 13.1 Å². The van der Waals surface area contributed by atoms with Crippen LogP contribution in [0.5, 0.6) is 0 Å². The summed E-state index contributed by atoms with van der Waals surface area (Å²) in [5, 5.41) is 7.52. The van der Waals surface area contributed by atoms with Crippen LogP contribution < -0.4 is 5.32 Å². The molecule has 1 aromatic rings. The predicted molar refractivity (Wildman–Crippen MR) is 82.4 cm³/mol. The average molecular weight is 285 g/mol. The van der Waals surface area contributed by atoms with Crippen molar-refractivity contribution < 1.29 is 4.52 Å². The first kappa shape index (κ1) is 16.5. The molecule has 0 bridgehead atoms. The molecule has 0 spiro atoms. The van der Waals surface area contributed by atoms with Crippen LogP contribution in [0.3, 0.4) is 0 Å². The van der Waals surface area contributed by atoms with Crippen LogP contribution in [0.15, 0.2) is 10.6 Å². The summed E-state index contributed by atoms with van der Waals surface area (Å²) in [7, 11) is 2.12. The third kappa shape index (κ3) is 6.45. The maximum atomic E-state index is 5.39. The fourth-order valence-electron chi connectivity index (χ4n) is 1.64. The SMILES string of the molecule is CSCC(C)N(C)Cc1cc(CNC(C)(C)C)no1. The minimum atomic E-state index is 0.1000. The van der Waals surface area contributed by atoms with Crippen molar-refractivity contribution in [3.8, 4) is 0 Å². The average Bonchev–Trinajstić information content (AvgIpc) is 2.73. The fraction of sp³-hybridized carbons (Fsp3) is 0.786. The van der Waals surface area contributed by atoms with E-state index in [0.717, 1.165) is 30.3 Å². The molecule has 0 aliphatic carbocycles. The summed E-state index contributed by atoms with van der Waals surface area (Å²) in [6.07, 6.45) is 2.13. The number of aromatic nitrogens is 1. The van der Waals surface area contributed by atoms with E-state index in [4.69, 9.17) is 4.52 Å². The molecule has 4 nitrogen and oxygen atoms in total. The van der Waals surface area contributed by atoms with Crippen molar-refractivity contribution >= 4 is 11.8 Å². The van der Waals surface area contributed by atoms with Gasteiger partial charge in [-0.2, -0.15) is 11.8 Å². The van der Waals surface area contributed by atoms with Crippen LogP contribution in [-0.4, -0.2) is 40.7 Å². The van der Waals surface area contributed by atoms with Crippen molar-refractivity contribution in [2.45, 2.75) is 52.4 Å². The molecule has 1 atom stereocenters. The Morgan fingerprint density at radius 1 is 1.47 bits per heavy atom. The molecule has 0 aliphatic rings. The summed E-state index contributed by atoms with van der Waals surface area (Å²) >= 11 is 1.87. The van der Waals surface area contributed by atoms with Gasteiger partial charge in [0.25, 0.3) is 0 Å². The van der Waals surface area contributed by atoms with E-state index in [1.807, 2.05) is 17.8 Å². The maximum Gasteiger partial charge on any atom is 0.151 e. The molecule has 1 N–H and O–H groups in total. The fourth-order valence-corrected chi connectivity index (χ4v) is 2.38. The largest absolute Gasteiger partial charge is 0.360 e. The van der Waals surface area contributed by atoms with Gasteiger partial charge in [0.1, 0.15) is 0 Å². The van der Waals surface area contributed by atoms with E-state index in [9.17, 15) is 0 Å². The Bertz CT molecular complexity index is 373. The van der Waals surface area contributed by atoms with Crippen LogP contribution in [0.4, 0.5) is 0 Å². The first-order valence-corrected chi connectivity index (χ1v) is 8.10. The van der Waals surface area contributed by atoms with Crippen LogP contribution in [0, 0.1) is 0 Å². The van der Waals surface area contributed by atoms with Crippen LogP contribution >= 0.6 is 11.8 Å². The molecule has 0 aliphatic heterocycles. The number of hydrogen-bond donors (Lipinski definition) is 1. The molecule has 0 aromatic carbocycles. The van der Waals surface area contributed by atoms with Crippen molar-refractivity contribution in [1.29, 1.82) is 0 Å². The predicted octanol–water partition coefficient (Wildman–Crippen LogP) is 2.75. The Morgan fingerprint density at radius 3 is 2.74 bits per heavy atom. The minimum Gasteiger partial charge on any atom is -0.360 e. The van der Waals surface area contributed by atoms with E-state index in [0.29, 0.717) is 6.04 Å². The molecule has 0 saturated heterocycles. The Labute approximate surface area is 121 Å². The van der Waals surface area contributed by atoms with Crippen LogP contribution in [0.25, 0.3) is 0 Å². The monoisotopic (exact) mass is 285 g/mol.